The smallest absolute Gasteiger partial charge is 0.231 e. The number of hydrogen-bond donors (Lipinski definition) is 1. The Labute approximate surface area is 121 Å². The van der Waals surface area contributed by atoms with Crippen LogP contribution >= 0.6 is 23.2 Å². The van der Waals surface area contributed by atoms with E-state index in [-0.39, 0.29) is 40.4 Å². The van der Waals surface area contributed by atoms with Crippen molar-refractivity contribution in [3.05, 3.63) is 16.5 Å². The quantitative estimate of drug-likeness (QED) is 0.674. The third kappa shape index (κ3) is 3.16. The minimum absolute atomic E-state index is 0.0000584. The van der Waals surface area contributed by atoms with Crippen molar-refractivity contribution in [2.24, 2.45) is 11.8 Å². The Balaban J connectivity index is 2.13. The zero-order valence-electron chi connectivity index (χ0n) is 10.9. The molecule has 0 aliphatic carbocycles. The van der Waals surface area contributed by atoms with E-state index in [2.05, 4.69) is 15.3 Å². The highest BCUT2D eigenvalue weighted by Crippen LogP contribution is 2.33. The number of rotatable bonds is 2. The van der Waals surface area contributed by atoms with Gasteiger partial charge >= 0.3 is 0 Å². The Morgan fingerprint density at radius 2 is 1.95 bits per heavy atom. The van der Waals surface area contributed by atoms with Gasteiger partial charge in [-0.15, -0.1) is 0 Å². The summed E-state index contributed by atoms with van der Waals surface area (Å²) in [4.78, 5) is 19.9. The van der Waals surface area contributed by atoms with Crippen molar-refractivity contribution < 1.29 is 9.53 Å². The van der Waals surface area contributed by atoms with Crippen LogP contribution < -0.4 is 5.32 Å². The highest BCUT2D eigenvalue weighted by atomic mass is 35.5. The van der Waals surface area contributed by atoms with Crippen LogP contribution in [0.4, 0.5) is 5.82 Å². The van der Waals surface area contributed by atoms with E-state index in [1.54, 1.807) is 0 Å². The summed E-state index contributed by atoms with van der Waals surface area (Å²) in [5, 5.41) is 2.90. The lowest BCUT2D eigenvalue weighted by atomic mass is 9.89. The SMILES string of the molecule is CC1OC(C)C(C(=O)Nc2cc(Cl)nc(Cl)n2)C1C. The maximum atomic E-state index is 12.3. The minimum atomic E-state index is -0.220. The molecule has 1 aliphatic heterocycles. The van der Waals surface area contributed by atoms with E-state index >= 15 is 0 Å². The number of aromatic nitrogens is 2. The fourth-order valence-corrected chi connectivity index (χ4v) is 2.79. The summed E-state index contributed by atoms with van der Waals surface area (Å²) in [6, 6.07) is 1.46. The minimum Gasteiger partial charge on any atom is -0.374 e. The van der Waals surface area contributed by atoms with Gasteiger partial charge < -0.3 is 10.1 Å². The van der Waals surface area contributed by atoms with Crippen molar-refractivity contribution >= 4 is 34.9 Å². The second-order valence-corrected chi connectivity index (χ2v) is 5.49. The molecule has 2 heterocycles. The van der Waals surface area contributed by atoms with Gasteiger partial charge in [0.15, 0.2) is 0 Å². The average Bonchev–Trinajstić information content (AvgIpc) is 2.51. The van der Waals surface area contributed by atoms with Crippen molar-refractivity contribution in [1.29, 1.82) is 0 Å². The van der Waals surface area contributed by atoms with Crippen molar-refractivity contribution in [3.8, 4) is 0 Å². The summed E-state index contributed by atoms with van der Waals surface area (Å²) in [6.45, 7) is 5.86. The van der Waals surface area contributed by atoms with Crippen LogP contribution in [0.15, 0.2) is 6.07 Å². The predicted octanol–water partition coefficient (Wildman–Crippen LogP) is 2.78. The lowest BCUT2D eigenvalue weighted by molar-refractivity contribution is -0.122. The molecule has 1 amide bonds. The second-order valence-electron chi connectivity index (χ2n) is 4.77. The maximum Gasteiger partial charge on any atom is 0.231 e. The standard InChI is InChI=1S/C12H15Cl2N3O2/c1-5-6(2)19-7(3)10(5)11(18)16-9-4-8(13)15-12(14)17-9/h4-7,10H,1-3H3,(H,15,16,17,18). The molecule has 0 bridgehead atoms. The van der Waals surface area contributed by atoms with Crippen LogP contribution in [0.5, 0.6) is 0 Å². The number of nitrogens with zero attached hydrogens (tertiary/aromatic N) is 2. The van der Waals surface area contributed by atoms with Crippen LogP contribution in [0.25, 0.3) is 0 Å². The molecule has 104 valence electrons. The van der Waals surface area contributed by atoms with E-state index in [1.807, 2.05) is 20.8 Å². The number of hydrogen-bond acceptors (Lipinski definition) is 4. The first-order valence-electron chi connectivity index (χ1n) is 6.05. The molecule has 1 fully saturated rings. The molecular formula is C12H15Cl2N3O2. The molecule has 1 aromatic rings. The van der Waals surface area contributed by atoms with E-state index < -0.39 is 0 Å². The van der Waals surface area contributed by atoms with Crippen LogP contribution in [-0.4, -0.2) is 28.1 Å². The molecule has 4 unspecified atom stereocenters. The van der Waals surface area contributed by atoms with Crippen LogP contribution in [0.1, 0.15) is 20.8 Å². The topological polar surface area (TPSA) is 64.1 Å². The third-order valence-corrected chi connectivity index (χ3v) is 3.83. The van der Waals surface area contributed by atoms with Crippen molar-refractivity contribution in [1.82, 2.24) is 9.97 Å². The van der Waals surface area contributed by atoms with Gasteiger partial charge in [0.25, 0.3) is 0 Å². The van der Waals surface area contributed by atoms with E-state index in [9.17, 15) is 4.79 Å². The summed E-state index contributed by atoms with van der Waals surface area (Å²) < 4.78 is 5.65. The number of carbonyl (C=O) groups is 1. The molecule has 0 aromatic carbocycles. The van der Waals surface area contributed by atoms with E-state index in [4.69, 9.17) is 27.9 Å². The van der Waals surface area contributed by atoms with Gasteiger partial charge in [-0.2, -0.15) is 0 Å². The van der Waals surface area contributed by atoms with Crippen LogP contribution in [-0.2, 0) is 9.53 Å². The number of carbonyl (C=O) groups excluding carboxylic acids is 1. The first kappa shape index (κ1) is 14.5. The van der Waals surface area contributed by atoms with E-state index in [0.717, 1.165) is 0 Å². The Kier molecular flexibility index (Phi) is 4.28. The van der Waals surface area contributed by atoms with Crippen LogP contribution in [0.3, 0.4) is 0 Å². The van der Waals surface area contributed by atoms with E-state index in [0.29, 0.717) is 5.82 Å². The van der Waals surface area contributed by atoms with Gasteiger partial charge in [-0.1, -0.05) is 18.5 Å². The summed E-state index contributed by atoms with van der Waals surface area (Å²) in [6.07, 6.45) is -0.0684. The average molecular weight is 304 g/mol. The highest BCUT2D eigenvalue weighted by molar-refractivity contribution is 6.32. The van der Waals surface area contributed by atoms with Gasteiger partial charge in [-0.25, -0.2) is 9.97 Å². The molecule has 4 atom stereocenters. The molecule has 5 nitrogen and oxygen atoms in total. The summed E-state index contributed by atoms with van der Waals surface area (Å²) in [7, 11) is 0. The first-order valence-corrected chi connectivity index (χ1v) is 6.80. The molecule has 1 aromatic heterocycles. The molecule has 0 saturated carbocycles. The van der Waals surface area contributed by atoms with Gasteiger partial charge in [0, 0.05) is 6.07 Å². The highest BCUT2D eigenvalue weighted by Gasteiger charge is 2.41. The molecule has 19 heavy (non-hydrogen) atoms. The molecular weight excluding hydrogens is 289 g/mol. The Bertz CT molecular complexity index is 478. The predicted molar refractivity (Wildman–Crippen MR) is 73.3 cm³/mol. The number of nitrogens with one attached hydrogen (secondary N) is 1. The summed E-state index contributed by atoms with van der Waals surface area (Å²) >= 11 is 11.5. The first-order chi connectivity index (χ1) is 8.88. The fraction of sp³-hybridized carbons (Fsp3) is 0.583. The monoisotopic (exact) mass is 303 g/mol. The number of halogens is 2. The van der Waals surface area contributed by atoms with Gasteiger partial charge in [0.1, 0.15) is 11.0 Å². The molecule has 7 heteroatoms. The number of ether oxygens (including phenoxy) is 1. The molecule has 0 spiro atoms. The lowest BCUT2D eigenvalue weighted by Gasteiger charge is -2.17. The summed E-state index contributed by atoms with van der Waals surface area (Å²) in [5.41, 5.74) is 0. The summed E-state index contributed by atoms with van der Waals surface area (Å²) in [5.74, 6) is 0.0782. The zero-order chi connectivity index (χ0) is 14.2. The molecule has 1 saturated heterocycles. The van der Waals surface area contributed by atoms with Crippen LogP contribution in [0, 0.1) is 11.8 Å². The Morgan fingerprint density at radius 1 is 1.26 bits per heavy atom. The largest absolute Gasteiger partial charge is 0.374 e. The lowest BCUT2D eigenvalue weighted by Crippen LogP contribution is -2.32. The molecule has 1 N–H and O–H groups in total. The van der Waals surface area contributed by atoms with Crippen molar-refractivity contribution in [2.75, 3.05) is 5.32 Å². The molecule has 2 rings (SSSR count). The number of anilines is 1. The normalized spacial score (nSPS) is 30.4. The van der Waals surface area contributed by atoms with Gasteiger partial charge in [-0.05, 0) is 31.4 Å². The second kappa shape index (κ2) is 5.61. The fourth-order valence-electron chi connectivity index (χ4n) is 2.38. The Morgan fingerprint density at radius 3 is 2.47 bits per heavy atom. The maximum absolute atomic E-state index is 12.3. The molecule has 0 radical (unpaired) electrons. The number of amides is 1. The third-order valence-electron chi connectivity index (χ3n) is 3.46. The molecule has 1 aliphatic rings. The van der Waals surface area contributed by atoms with Crippen molar-refractivity contribution in [3.63, 3.8) is 0 Å². The zero-order valence-corrected chi connectivity index (χ0v) is 12.4. The van der Waals surface area contributed by atoms with Crippen molar-refractivity contribution in [2.45, 2.75) is 33.0 Å². The van der Waals surface area contributed by atoms with Crippen LogP contribution in [0.2, 0.25) is 10.4 Å². The van der Waals surface area contributed by atoms with Gasteiger partial charge in [0.2, 0.25) is 11.2 Å². The van der Waals surface area contributed by atoms with Gasteiger partial charge in [-0.3, -0.25) is 4.79 Å². The Hall–Kier alpha value is -0.910. The van der Waals surface area contributed by atoms with E-state index in [1.165, 1.54) is 6.07 Å². The van der Waals surface area contributed by atoms with Gasteiger partial charge in [0.05, 0.1) is 18.1 Å².